The van der Waals surface area contributed by atoms with Crippen molar-refractivity contribution in [3.05, 3.63) is 30.3 Å². The van der Waals surface area contributed by atoms with Crippen LogP contribution in [0.1, 0.15) is 19.3 Å². The number of benzene rings is 1. The molecule has 0 radical (unpaired) electrons. The molecule has 0 aromatic heterocycles. The number of hydrazine groups is 1. The lowest BCUT2D eigenvalue weighted by atomic mass is 10.2. The molecule has 1 N–H and O–H groups in total. The topological polar surface area (TPSA) is 55.9 Å². The van der Waals surface area contributed by atoms with Crippen molar-refractivity contribution < 1.29 is 9.59 Å². The maximum Gasteiger partial charge on any atom is 0.234 e. The van der Waals surface area contributed by atoms with Gasteiger partial charge in [-0.05, 0) is 25.6 Å². The number of likely N-dealkylation sites (N-methyl/N-ethyl adjacent to an activating group) is 1. The summed E-state index contributed by atoms with van der Waals surface area (Å²) >= 11 is 0. The molecule has 1 aliphatic heterocycles. The Morgan fingerprint density at radius 1 is 1.09 bits per heavy atom. The number of hydrogen-bond donors (Lipinski definition) is 1. The number of piperazine rings is 1. The summed E-state index contributed by atoms with van der Waals surface area (Å²) in [6, 6.07) is 9.53. The van der Waals surface area contributed by atoms with Gasteiger partial charge in [0.25, 0.3) is 0 Å². The zero-order valence-electron chi connectivity index (χ0n) is 14.0. The lowest BCUT2D eigenvalue weighted by Gasteiger charge is -2.32. The Labute approximate surface area is 138 Å². The van der Waals surface area contributed by atoms with Crippen LogP contribution in [-0.4, -0.2) is 62.0 Å². The minimum absolute atomic E-state index is 0.00952. The van der Waals surface area contributed by atoms with Crippen molar-refractivity contribution >= 4 is 17.5 Å². The van der Waals surface area contributed by atoms with Gasteiger partial charge in [0, 0.05) is 51.8 Å². The number of rotatable bonds is 6. The van der Waals surface area contributed by atoms with Crippen LogP contribution in [0.2, 0.25) is 0 Å². The van der Waals surface area contributed by atoms with Gasteiger partial charge >= 0.3 is 0 Å². The van der Waals surface area contributed by atoms with E-state index in [9.17, 15) is 9.59 Å². The SMILES string of the molecule is CN1CCN(NC(=O)CCCC(=O)N(C)c2ccccc2)CC1. The Morgan fingerprint density at radius 3 is 2.39 bits per heavy atom. The average Bonchev–Trinajstić information content (AvgIpc) is 2.57. The van der Waals surface area contributed by atoms with Crippen molar-refractivity contribution in [2.75, 3.05) is 45.2 Å². The van der Waals surface area contributed by atoms with E-state index in [0.717, 1.165) is 31.9 Å². The molecule has 2 rings (SSSR count). The highest BCUT2D eigenvalue weighted by atomic mass is 16.2. The van der Waals surface area contributed by atoms with Gasteiger partial charge in [-0.15, -0.1) is 0 Å². The third-order valence-corrected chi connectivity index (χ3v) is 4.10. The third-order valence-electron chi connectivity index (χ3n) is 4.10. The predicted octanol–water partition coefficient (Wildman–Crippen LogP) is 1.10. The van der Waals surface area contributed by atoms with Gasteiger partial charge in [0.2, 0.25) is 11.8 Å². The van der Waals surface area contributed by atoms with E-state index in [1.54, 1.807) is 11.9 Å². The van der Waals surface area contributed by atoms with Crippen molar-refractivity contribution in [3.63, 3.8) is 0 Å². The van der Waals surface area contributed by atoms with Crippen LogP contribution in [0, 0.1) is 0 Å². The molecule has 126 valence electrons. The van der Waals surface area contributed by atoms with E-state index in [4.69, 9.17) is 0 Å². The summed E-state index contributed by atoms with van der Waals surface area (Å²) in [6.45, 7) is 3.61. The summed E-state index contributed by atoms with van der Waals surface area (Å²) in [5.41, 5.74) is 3.79. The summed E-state index contributed by atoms with van der Waals surface area (Å²) < 4.78 is 0. The lowest BCUT2D eigenvalue weighted by Crippen LogP contribution is -2.52. The Morgan fingerprint density at radius 2 is 1.74 bits per heavy atom. The lowest BCUT2D eigenvalue weighted by molar-refractivity contribution is -0.127. The first-order chi connectivity index (χ1) is 11.1. The molecule has 1 aromatic rings. The van der Waals surface area contributed by atoms with E-state index >= 15 is 0 Å². The third kappa shape index (κ3) is 5.65. The molecule has 0 saturated carbocycles. The molecule has 1 aliphatic rings. The van der Waals surface area contributed by atoms with Crippen LogP contribution in [0.5, 0.6) is 0 Å². The molecular formula is C17H26N4O2. The molecule has 1 saturated heterocycles. The largest absolute Gasteiger partial charge is 0.316 e. The van der Waals surface area contributed by atoms with Crippen LogP contribution in [0.4, 0.5) is 5.69 Å². The van der Waals surface area contributed by atoms with E-state index < -0.39 is 0 Å². The molecule has 0 atom stereocenters. The zero-order chi connectivity index (χ0) is 16.7. The highest BCUT2D eigenvalue weighted by Crippen LogP contribution is 2.13. The number of amides is 2. The van der Waals surface area contributed by atoms with E-state index in [1.807, 2.05) is 35.3 Å². The van der Waals surface area contributed by atoms with Gasteiger partial charge in [0.15, 0.2) is 0 Å². The molecular weight excluding hydrogens is 292 g/mol. The maximum atomic E-state index is 12.1. The monoisotopic (exact) mass is 318 g/mol. The van der Waals surface area contributed by atoms with Crippen LogP contribution >= 0.6 is 0 Å². The Bertz CT molecular complexity index is 513. The molecule has 6 nitrogen and oxygen atoms in total. The normalized spacial score (nSPS) is 16.1. The number of para-hydroxylation sites is 1. The summed E-state index contributed by atoms with van der Waals surface area (Å²) in [7, 11) is 3.84. The van der Waals surface area contributed by atoms with Crippen LogP contribution in [0.15, 0.2) is 30.3 Å². The second-order valence-electron chi connectivity index (χ2n) is 5.97. The van der Waals surface area contributed by atoms with Crippen molar-refractivity contribution in [1.29, 1.82) is 0 Å². The van der Waals surface area contributed by atoms with Crippen molar-refractivity contribution in [2.45, 2.75) is 19.3 Å². The molecule has 0 spiro atoms. The van der Waals surface area contributed by atoms with Crippen LogP contribution in [0.3, 0.4) is 0 Å². The van der Waals surface area contributed by atoms with Gasteiger partial charge in [-0.25, -0.2) is 5.01 Å². The number of carbonyl (C=O) groups excluding carboxylic acids is 2. The Balaban J connectivity index is 1.66. The first-order valence-corrected chi connectivity index (χ1v) is 8.11. The number of carbonyl (C=O) groups is 2. The molecule has 6 heteroatoms. The van der Waals surface area contributed by atoms with Crippen LogP contribution < -0.4 is 10.3 Å². The molecule has 23 heavy (non-hydrogen) atoms. The van der Waals surface area contributed by atoms with Gasteiger partial charge in [-0.1, -0.05) is 18.2 Å². The number of hydrogen-bond acceptors (Lipinski definition) is 4. The maximum absolute atomic E-state index is 12.1. The Hall–Kier alpha value is -1.92. The quantitative estimate of drug-likeness (QED) is 0.853. The molecule has 1 heterocycles. The molecule has 0 aliphatic carbocycles. The summed E-state index contributed by atoms with van der Waals surface area (Å²) in [6.07, 6.45) is 1.32. The minimum atomic E-state index is -0.00952. The summed E-state index contributed by atoms with van der Waals surface area (Å²) in [5.74, 6) is 0.0216. The second-order valence-corrected chi connectivity index (χ2v) is 5.97. The molecule has 1 fully saturated rings. The smallest absolute Gasteiger partial charge is 0.234 e. The fourth-order valence-electron chi connectivity index (χ4n) is 2.51. The van der Waals surface area contributed by atoms with Gasteiger partial charge in [-0.2, -0.15) is 0 Å². The molecule has 1 aromatic carbocycles. The standard InChI is InChI=1S/C17H26N4O2/c1-19-11-13-21(14-12-19)18-16(22)9-6-10-17(23)20(2)15-7-4-3-5-8-15/h3-5,7-8H,6,9-14H2,1-2H3,(H,18,22). The van der Waals surface area contributed by atoms with Gasteiger partial charge in [-0.3, -0.25) is 15.0 Å². The van der Waals surface area contributed by atoms with E-state index in [-0.39, 0.29) is 11.8 Å². The fourth-order valence-corrected chi connectivity index (χ4v) is 2.51. The van der Waals surface area contributed by atoms with Gasteiger partial charge in [0.1, 0.15) is 0 Å². The van der Waals surface area contributed by atoms with Crippen molar-refractivity contribution in [3.8, 4) is 0 Å². The van der Waals surface area contributed by atoms with Crippen LogP contribution in [0.25, 0.3) is 0 Å². The van der Waals surface area contributed by atoms with Crippen molar-refractivity contribution in [1.82, 2.24) is 15.3 Å². The summed E-state index contributed by atoms with van der Waals surface area (Å²) in [4.78, 5) is 27.9. The highest BCUT2D eigenvalue weighted by molar-refractivity contribution is 5.92. The highest BCUT2D eigenvalue weighted by Gasteiger charge is 2.16. The Kier molecular flexibility index (Phi) is 6.55. The fraction of sp³-hybridized carbons (Fsp3) is 0.529. The minimum Gasteiger partial charge on any atom is -0.316 e. The van der Waals surface area contributed by atoms with Crippen molar-refractivity contribution in [2.24, 2.45) is 0 Å². The second kappa shape index (κ2) is 8.64. The number of nitrogens with one attached hydrogen (secondary N) is 1. The average molecular weight is 318 g/mol. The molecule has 0 bridgehead atoms. The number of anilines is 1. The van der Waals surface area contributed by atoms with E-state index in [0.29, 0.717) is 19.3 Å². The number of nitrogens with zero attached hydrogens (tertiary/aromatic N) is 3. The predicted molar refractivity (Wildman–Crippen MR) is 90.9 cm³/mol. The summed E-state index contributed by atoms with van der Waals surface area (Å²) in [5, 5.41) is 1.96. The molecule has 2 amide bonds. The zero-order valence-corrected chi connectivity index (χ0v) is 14.0. The van der Waals surface area contributed by atoms with Crippen LogP contribution in [-0.2, 0) is 9.59 Å². The van der Waals surface area contributed by atoms with E-state index in [2.05, 4.69) is 17.4 Å². The first kappa shape index (κ1) is 17.4. The first-order valence-electron chi connectivity index (χ1n) is 8.11. The van der Waals surface area contributed by atoms with Gasteiger partial charge in [0.05, 0.1) is 0 Å². The van der Waals surface area contributed by atoms with E-state index in [1.165, 1.54) is 0 Å². The molecule has 0 unspecified atom stereocenters. The van der Waals surface area contributed by atoms with Gasteiger partial charge < -0.3 is 9.80 Å².